The minimum atomic E-state index is 0.228. The molecule has 0 saturated carbocycles. The summed E-state index contributed by atoms with van der Waals surface area (Å²) in [5.74, 6) is 5.03. The van der Waals surface area contributed by atoms with E-state index in [2.05, 4.69) is 0 Å². The molecule has 0 aromatic carbocycles. The van der Waals surface area contributed by atoms with Crippen molar-refractivity contribution in [2.45, 2.75) is 19.9 Å². The van der Waals surface area contributed by atoms with Crippen LogP contribution in [0.25, 0.3) is 0 Å². The Morgan fingerprint density at radius 3 is 1.83 bits per heavy atom. The van der Waals surface area contributed by atoms with Crippen LogP contribution < -0.4 is 5.84 Å². The lowest BCUT2D eigenvalue weighted by atomic mass is 10.4. The summed E-state index contributed by atoms with van der Waals surface area (Å²) in [4.78, 5) is 0. The van der Waals surface area contributed by atoms with Crippen LogP contribution in [0.2, 0.25) is 0 Å². The van der Waals surface area contributed by atoms with E-state index in [1.165, 1.54) is 0 Å². The molecule has 0 heterocycles. The minimum absolute atomic E-state index is 0.228. The van der Waals surface area contributed by atoms with Crippen LogP contribution in [0.1, 0.15) is 13.8 Å². The molecule has 6 heavy (non-hydrogen) atoms. The molecule has 0 fully saturated rings. The first kappa shape index (κ1) is 6.21. The van der Waals surface area contributed by atoms with E-state index >= 15 is 0 Å². The summed E-state index contributed by atoms with van der Waals surface area (Å²) in [6.45, 7) is 3.82. The largest absolute Gasteiger partial charge is 0.254 e. The van der Waals surface area contributed by atoms with Crippen molar-refractivity contribution in [3.05, 3.63) is 0 Å². The lowest BCUT2D eigenvalue weighted by molar-refractivity contribution is 0.398. The first-order valence-corrected chi connectivity index (χ1v) is 2.18. The van der Waals surface area contributed by atoms with E-state index in [0.29, 0.717) is 0 Å². The fraction of sp³-hybridized carbons (Fsp3) is 1.00. The second-order valence-corrected chi connectivity index (χ2v) is 1.83. The highest BCUT2D eigenvalue weighted by Crippen LogP contribution is 1.90. The van der Waals surface area contributed by atoms with Crippen LogP contribution in [0.5, 0.6) is 0 Å². The molecule has 0 aliphatic heterocycles. The maximum atomic E-state index is 5.22. The Morgan fingerprint density at radius 1 is 1.67 bits per heavy atom. The molecule has 38 valence electrons. The summed E-state index contributed by atoms with van der Waals surface area (Å²) in [7, 11) is 0. The molecule has 0 atom stereocenters. The van der Waals surface area contributed by atoms with Gasteiger partial charge in [-0.1, -0.05) is 0 Å². The number of nitrogens with zero attached hydrogens (tertiary/aromatic N) is 1. The summed E-state index contributed by atoms with van der Waals surface area (Å²) in [5, 5.41) is 0. The monoisotopic (exact) mass is 108 g/mol. The van der Waals surface area contributed by atoms with Gasteiger partial charge in [0.2, 0.25) is 0 Å². The van der Waals surface area contributed by atoms with E-state index in [-0.39, 0.29) is 6.04 Å². The predicted molar refractivity (Wildman–Crippen MR) is 27.0 cm³/mol. The van der Waals surface area contributed by atoms with Gasteiger partial charge >= 0.3 is 0 Å². The summed E-state index contributed by atoms with van der Waals surface area (Å²) in [6.07, 6.45) is 0. The average Bonchev–Trinajstić information content (AvgIpc) is 1.36. The van der Waals surface area contributed by atoms with E-state index in [9.17, 15) is 0 Å². The molecule has 0 aliphatic rings. The zero-order valence-corrected chi connectivity index (χ0v) is 4.74. The van der Waals surface area contributed by atoms with Gasteiger partial charge in [0.25, 0.3) is 0 Å². The summed E-state index contributed by atoms with van der Waals surface area (Å²) < 4.78 is 1.14. The van der Waals surface area contributed by atoms with E-state index in [0.717, 1.165) is 4.53 Å². The van der Waals surface area contributed by atoms with Crippen LogP contribution in [0.15, 0.2) is 0 Å². The van der Waals surface area contributed by atoms with Gasteiger partial charge in [0.1, 0.15) is 0 Å². The van der Waals surface area contributed by atoms with E-state index in [1.54, 1.807) is 0 Å². The Labute approximate surface area is 43.0 Å². The van der Waals surface area contributed by atoms with Crippen molar-refractivity contribution >= 4 is 11.8 Å². The van der Waals surface area contributed by atoms with Crippen molar-refractivity contribution in [3.63, 3.8) is 0 Å². The zero-order valence-electron chi connectivity index (χ0n) is 3.98. The number of hydrazine groups is 1. The molecule has 3 heteroatoms. The molecular weight excluding hydrogens is 99.5 g/mol. The number of hydrogen-bond acceptors (Lipinski definition) is 2. The normalized spacial score (nSPS) is 11.0. The molecule has 0 unspecified atom stereocenters. The Morgan fingerprint density at radius 2 is 1.83 bits per heavy atom. The number of halogens is 1. The summed E-state index contributed by atoms with van der Waals surface area (Å²) >= 11 is 5.22. The molecule has 0 aromatic heterocycles. The summed E-state index contributed by atoms with van der Waals surface area (Å²) in [6, 6.07) is 0.228. The topological polar surface area (TPSA) is 29.3 Å². The van der Waals surface area contributed by atoms with Gasteiger partial charge in [0.15, 0.2) is 0 Å². The molecule has 0 saturated heterocycles. The van der Waals surface area contributed by atoms with Crippen molar-refractivity contribution in [1.82, 2.24) is 4.53 Å². The van der Waals surface area contributed by atoms with Gasteiger partial charge in [0.05, 0.1) is 0 Å². The molecule has 0 radical (unpaired) electrons. The number of hydrogen-bond donors (Lipinski definition) is 1. The second kappa shape index (κ2) is 2.39. The van der Waals surface area contributed by atoms with Gasteiger partial charge in [-0.15, -0.1) is 0 Å². The fourth-order valence-corrected chi connectivity index (χ4v) is 0. The van der Waals surface area contributed by atoms with E-state index < -0.39 is 0 Å². The van der Waals surface area contributed by atoms with Crippen LogP contribution in [-0.2, 0) is 0 Å². The predicted octanol–water partition coefficient (Wildman–Crippen LogP) is 0.724. The van der Waals surface area contributed by atoms with Crippen molar-refractivity contribution < 1.29 is 0 Å². The standard InChI is InChI=1S/C3H9ClN2/c1-3(2)6(4)5/h3H,5H2,1-2H3. The fourth-order valence-electron chi connectivity index (χ4n) is 0. The molecule has 0 spiro atoms. The molecular formula is C3H9ClN2. The lowest BCUT2D eigenvalue weighted by Gasteiger charge is -2.08. The quantitative estimate of drug-likeness (QED) is 0.305. The molecule has 0 aliphatic carbocycles. The van der Waals surface area contributed by atoms with Crippen molar-refractivity contribution in [1.29, 1.82) is 0 Å². The second-order valence-electron chi connectivity index (χ2n) is 1.44. The first-order valence-electron chi connectivity index (χ1n) is 1.84. The van der Waals surface area contributed by atoms with Crippen molar-refractivity contribution in [2.24, 2.45) is 5.84 Å². The third kappa shape index (κ3) is 2.45. The van der Waals surface area contributed by atoms with Gasteiger partial charge in [-0.05, 0) is 25.6 Å². The van der Waals surface area contributed by atoms with Gasteiger partial charge in [-0.3, -0.25) is 5.84 Å². The van der Waals surface area contributed by atoms with Crippen LogP contribution in [0.4, 0.5) is 0 Å². The van der Waals surface area contributed by atoms with E-state index in [1.807, 2.05) is 13.8 Å². The maximum absolute atomic E-state index is 5.22. The number of nitrogens with two attached hydrogens (primary N) is 1. The Hall–Kier alpha value is 0.210. The molecule has 0 aromatic rings. The van der Waals surface area contributed by atoms with Gasteiger partial charge in [-0.2, -0.15) is 4.53 Å². The van der Waals surface area contributed by atoms with Gasteiger partial charge in [-0.25, -0.2) is 0 Å². The van der Waals surface area contributed by atoms with Crippen LogP contribution in [0, 0.1) is 0 Å². The highest BCUT2D eigenvalue weighted by atomic mass is 35.5. The molecule has 0 rings (SSSR count). The van der Waals surface area contributed by atoms with E-state index in [4.69, 9.17) is 17.6 Å². The SMILES string of the molecule is CC(C)N(N)Cl. The molecule has 2 nitrogen and oxygen atoms in total. The Balaban J connectivity index is 2.99. The van der Waals surface area contributed by atoms with Gasteiger partial charge < -0.3 is 0 Å². The zero-order chi connectivity index (χ0) is 5.15. The van der Waals surface area contributed by atoms with Crippen LogP contribution >= 0.6 is 11.8 Å². The Bertz CT molecular complexity index is 29.8. The lowest BCUT2D eigenvalue weighted by Crippen LogP contribution is -2.27. The van der Waals surface area contributed by atoms with Crippen LogP contribution in [-0.4, -0.2) is 10.6 Å². The van der Waals surface area contributed by atoms with Gasteiger partial charge in [0, 0.05) is 6.04 Å². The van der Waals surface area contributed by atoms with Crippen molar-refractivity contribution in [3.8, 4) is 0 Å². The minimum Gasteiger partial charge on any atom is -0.254 e. The molecule has 0 bridgehead atoms. The highest BCUT2D eigenvalue weighted by molar-refractivity contribution is 6.13. The smallest absolute Gasteiger partial charge is 0.0349 e. The third-order valence-corrected chi connectivity index (χ3v) is 0.884. The molecule has 0 amide bonds. The molecule has 2 N–H and O–H groups in total. The van der Waals surface area contributed by atoms with Crippen LogP contribution in [0.3, 0.4) is 0 Å². The third-order valence-electron chi connectivity index (χ3n) is 0.493. The summed E-state index contributed by atoms with van der Waals surface area (Å²) in [5.41, 5.74) is 0. The number of rotatable bonds is 1. The average molecular weight is 109 g/mol. The Kier molecular flexibility index (Phi) is 2.48. The van der Waals surface area contributed by atoms with Crippen molar-refractivity contribution in [2.75, 3.05) is 0 Å². The highest BCUT2D eigenvalue weighted by Gasteiger charge is 1.94. The maximum Gasteiger partial charge on any atom is 0.0349 e. The first-order chi connectivity index (χ1) is 2.64.